The molecule has 2 heterocycles. The maximum atomic E-state index is 14.0. The maximum absolute atomic E-state index is 14.0. The summed E-state index contributed by atoms with van der Waals surface area (Å²) in [5.74, 6) is -0.823. The number of aliphatic carboxylic acids is 2. The molecule has 4 fully saturated rings. The number of hydrogen-bond acceptors (Lipinski definition) is 15. The number of carbonyl (C=O) groups excluding carboxylic acids is 6. The van der Waals surface area contributed by atoms with Crippen LogP contribution in [-0.2, 0) is 33.6 Å². The molecule has 0 radical (unpaired) electrons. The van der Waals surface area contributed by atoms with E-state index in [0.717, 1.165) is 51.4 Å². The normalized spacial score (nSPS) is 28.4. The van der Waals surface area contributed by atoms with E-state index in [1.807, 2.05) is 0 Å². The topological polar surface area (TPSA) is 282 Å². The standard InChI is InChI=1S/C63H88N6O13S2/c1-34(41-17-18-42-52-43(22-24-63(41,42)8)62(7)23-21-39(70)29-38(62)30-47(52)71)15-20-50(73)65-45(58(77)78)13-10-11-25-64-49(72)14-12-26-69(28-27-68(9)51(74)32-61(5,6)53-37(4)54(75)35(2)36(3)55(53)76)60(81)82-40-16-19-44-48(31-40)84-57(66-44)56-67-46(33-83-56)59(79)80/h16,19,31,34,38-39,41-43,45-47,52,70-71H,10-15,17-18,20-30,32-33H2,1-9H3,(H,64,72)(H,65,73)(H,77,78)(H,79,80)/t34-,38+,39-,41?,42+,43+,45?,46?,47-,52+,62+,63-/m1/s1. The molecule has 0 bridgehead atoms. The lowest BCUT2D eigenvalue weighted by molar-refractivity contribution is -0.174. The zero-order valence-electron chi connectivity index (χ0n) is 50.4. The summed E-state index contributed by atoms with van der Waals surface area (Å²) < 4.78 is 6.56. The third kappa shape index (κ3) is 14.0. The number of rotatable bonds is 24. The Kier molecular flexibility index (Phi) is 20.4. The van der Waals surface area contributed by atoms with Crippen molar-refractivity contribution in [1.82, 2.24) is 25.4 Å². The quantitative estimate of drug-likeness (QED) is 0.0423. The van der Waals surface area contributed by atoms with Gasteiger partial charge in [0.15, 0.2) is 17.6 Å². The fourth-order valence-corrected chi connectivity index (χ4v) is 17.6. The number of nitrogens with zero attached hydrogens (tertiary/aromatic N) is 4. The number of nitrogens with one attached hydrogen (secondary N) is 2. The average Bonchev–Trinajstić information content (AvgIpc) is 1.35. The van der Waals surface area contributed by atoms with Crippen LogP contribution >= 0.6 is 23.1 Å². The molecule has 4 amide bonds. The lowest BCUT2D eigenvalue weighted by atomic mass is 9.43. The Morgan fingerprint density at radius 2 is 1.56 bits per heavy atom. The number of aliphatic imine (C=N–C) groups is 1. The molecule has 6 N–H and O–H groups in total. The van der Waals surface area contributed by atoms with Crippen LogP contribution in [0.3, 0.4) is 0 Å². The third-order valence-corrected chi connectivity index (χ3v) is 22.7. The second-order valence-corrected chi connectivity index (χ2v) is 28.3. The number of aliphatic hydroxyl groups is 2. The molecule has 0 saturated heterocycles. The van der Waals surface area contributed by atoms with Crippen LogP contribution in [-0.4, -0.2) is 151 Å². The number of likely N-dealkylation sites (N-methyl/N-ethyl adjacent to an activating group) is 1. The summed E-state index contributed by atoms with van der Waals surface area (Å²) in [6.45, 7) is 15.9. The Labute approximate surface area is 501 Å². The highest BCUT2D eigenvalue weighted by atomic mass is 32.2. The predicted octanol–water partition coefficient (Wildman–Crippen LogP) is 8.77. The van der Waals surface area contributed by atoms with Crippen molar-refractivity contribution < 1.29 is 63.5 Å². The van der Waals surface area contributed by atoms with Crippen molar-refractivity contribution in [3.05, 3.63) is 45.5 Å². The molecule has 460 valence electrons. The zero-order chi connectivity index (χ0) is 61.2. The first-order valence-corrected chi connectivity index (χ1v) is 32.1. The van der Waals surface area contributed by atoms with Crippen molar-refractivity contribution in [3.63, 3.8) is 0 Å². The molecule has 84 heavy (non-hydrogen) atoms. The highest BCUT2D eigenvalue weighted by Crippen LogP contribution is 2.68. The number of ketones is 2. The van der Waals surface area contributed by atoms with Crippen molar-refractivity contribution in [2.75, 3.05) is 39.0 Å². The number of unbranched alkanes of at least 4 members (excludes halogenated alkanes) is 1. The fraction of sp³-hybridized carbons (Fsp3) is 0.683. The largest absolute Gasteiger partial charge is 0.480 e. The molecule has 8 rings (SSSR count). The first kappa shape index (κ1) is 64.5. The van der Waals surface area contributed by atoms with E-state index < -0.39 is 35.5 Å². The number of ether oxygens (including phenoxy) is 1. The highest BCUT2D eigenvalue weighted by molar-refractivity contribution is 8.15. The van der Waals surface area contributed by atoms with Crippen LogP contribution < -0.4 is 15.4 Å². The van der Waals surface area contributed by atoms with Crippen molar-refractivity contribution in [2.24, 2.45) is 56.7 Å². The van der Waals surface area contributed by atoms with E-state index in [1.54, 1.807) is 59.9 Å². The smallest absolute Gasteiger partial charge is 0.415 e. The van der Waals surface area contributed by atoms with E-state index in [2.05, 4.69) is 41.4 Å². The van der Waals surface area contributed by atoms with Crippen LogP contribution in [0.1, 0.15) is 163 Å². The molecule has 0 spiro atoms. The van der Waals surface area contributed by atoms with Gasteiger partial charge in [0.2, 0.25) is 17.7 Å². The highest BCUT2D eigenvalue weighted by Gasteiger charge is 2.63. The maximum Gasteiger partial charge on any atom is 0.415 e. The number of amides is 4. The van der Waals surface area contributed by atoms with Gasteiger partial charge in [0.05, 0.1) is 22.4 Å². The number of Topliss-reactive ketones (excluding diaryl/α,β-unsaturated/α-hetero) is 2. The van der Waals surface area contributed by atoms with Gasteiger partial charge >= 0.3 is 18.0 Å². The summed E-state index contributed by atoms with van der Waals surface area (Å²) in [5, 5.41) is 48.3. The van der Waals surface area contributed by atoms with Gasteiger partial charge in [0, 0.05) is 92.0 Å². The summed E-state index contributed by atoms with van der Waals surface area (Å²) in [5.41, 5.74) is 1.22. The van der Waals surface area contributed by atoms with Crippen LogP contribution in [0.25, 0.3) is 10.2 Å². The lowest BCUT2D eigenvalue weighted by Crippen LogP contribution is -2.58. The van der Waals surface area contributed by atoms with E-state index in [-0.39, 0.29) is 128 Å². The van der Waals surface area contributed by atoms with Crippen molar-refractivity contribution >= 4 is 85.7 Å². The molecule has 4 saturated carbocycles. The van der Waals surface area contributed by atoms with Gasteiger partial charge in [-0.05, 0) is 163 Å². The van der Waals surface area contributed by atoms with Gasteiger partial charge in [0.25, 0.3) is 0 Å². The lowest BCUT2D eigenvalue weighted by Gasteiger charge is -2.62. The first-order chi connectivity index (χ1) is 39.6. The molecule has 1 aromatic carbocycles. The minimum absolute atomic E-state index is 0.0269. The average molecular weight is 1200 g/mol. The van der Waals surface area contributed by atoms with Crippen LogP contribution in [0.4, 0.5) is 4.79 Å². The Morgan fingerprint density at radius 1 is 0.845 bits per heavy atom. The Hall–Kier alpha value is -5.51. The molecule has 19 nitrogen and oxygen atoms in total. The van der Waals surface area contributed by atoms with E-state index in [4.69, 9.17) is 4.74 Å². The monoisotopic (exact) mass is 1200 g/mol. The van der Waals surface area contributed by atoms with Crippen molar-refractivity contribution in [1.29, 1.82) is 0 Å². The second-order valence-electron chi connectivity index (χ2n) is 26.3. The van der Waals surface area contributed by atoms with Gasteiger partial charge in [0.1, 0.15) is 21.8 Å². The third-order valence-electron chi connectivity index (χ3n) is 20.5. The van der Waals surface area contributed by atoms with Crippen LogP contribution in [0, 0.1) is 51.8 Å². The molecule has 2 aromatic rings. The summed E-state index contributed by atoms with van der Waals surface area (Å²) in [6, 6.07) is 3.01. The number of carboxylic acid groups (broad SMARTS) is 2. The number of thiazole rings is 1. The van der Waals surface area contributed by atoms with E-state index in [1.165, 1.54) is 32.9 Å². The minimum Gasteiger partial charge on any atom is -0.480 e. The predicted molar refractivity (Wildman–Crippen MR) is 321 cm³/mol. The first-order valence-electron chi connectivity index (χ1n) is 30.3. The summed E-state index contributed by atoms with van der Waals surface area (Å²) in [6.07, 6.45) is 8.52. The number of aromatic nitrogens is 1. The van der Waals surface area contributed by atoms with E-state index >= 15 is 0 Å². The number of hydrogen-bond donors (Lipinski definition) is 6. The van der Waals surface area contributed by atoms with Crippen LogP contribution in [0.15, 0.2) is 45.5 Å². The number of aliphatic hydroxyl groups excluding tert-OH is 2. The Balaban J connectivity index is 0.797. The Morgan fingerprint density at radius 3 is 2.27 bits per heavy atom. The fourth-order valence-electron chi connectivity index (χ4n) is 15.5. The van der Waals surface area contributed by atoms with Gasteiger partial charge < -0.3 is 45.6 Å². The molecule has 3 unspecified atom stereocenters. The van der Waals surface area contributed by atoms with Gasteiger partial charge in [-0.2, -0.15) is 0 Å². The summed E-state index contributed by atoms with van der Waals surface area (Å²) in [4.78, 5) is 116. The molecular formula is C63H88N6O13S2. The SMILES string of the molecule is CC1=C(C)C(=O)C(C(C)(C)CC(=O)N(C)CCN(CCCC(=O)NCCCCC(NC(=O)CC[C@@H](C)C2CC[C@H]3[C@@H]4[C@H](O)C[C@@H]5C[C@H](O)CC[C@]5(C)[C@H]4CC[C@]23C)C(=O)O)C(=O)Oc2ccc3nc(C4=NC(C(=O)O)CS4)sc3c2)=C(C)C1=O. The zero-order valence-corrected chi connectivity index (χ0v) is 52.1. The van der Waals surface area contributed by atoms with Crippen molar-refractivity contribution in [2.45, 2.75) is 182 Å². The second kappa shape index (κ2) is 26.6. The van der Waals surface area contributed by atoms with Gasteiger partial charge in [-0.15, -0.1) is 23.1 Å². The molecule has 6 aliphatic rings. The molecule has 12 atom stereocenters. The molecule has 1 aromatic heterocycles. The van der Waals surface area contributed by atoms with Gasteiger partial charge in [-0.3, -0.25) is 29.0 Å². The number of benzene rings is 1. The van der Waals surface area contributed by atoms with E-state index in [9.17, 15) is 58.8 Å². The molecule has 21 heteroatoms. The molecular weight excluding hydrogens is 1110 g/mol. The van der Waals surface area contributed by atoms with Gasteiger partial charge in [-0.1, -0.05) is 34.6 Å². The molecule has 5 aliphatic carbocycles. The minimum atomic E-state index is -1.12. The van der Waals surface area contributed by atoms with Crippen LogP contribution in [0.2, 0.25) is 0 Å². The number of allylic oxidation sites excluding steroid dienone is 4. The Bertz CT molecular complexity index is 2990. The molecule has 1 aliphatic heterocycles. The summed E-state index contributed by atoms with van der Waals surface area (Å²) in [7, 11) is 1.59. The number of carboxylic acids is 2. The summed E-state index contributed by atoms with van der Waals surface area (Å²) >= 11 is 2.60. The number of carbonyl (C=O) groups is 8. The number of fused-ring (bicyclic) bond motifs is 6. The van der Waals surface area contributed by atoms with Crippen LogP contribution in [0.5, 0.6) is 5.75 Å². The van der Waals surface area contributed by atoms with Crippen molar-refractivity contribution in [3.8, 4) is 5.75 Å². The van der Waals surface area contributed by atoms with Gasteiger partial charge in [-0.25, -0.2) is 19.4 Å². The van der Waals surface area contributed by atoms with E-state index in [0.29, 0.717) is 91.2 Å². The number of thioether (sulfide) groups is 1.